The lowest BCUT2D eigenvalue weighted by Crippen LogP contribution is -2.26. The molecule has 0 N–H and O–H groups in total. The number of hydrogen-bond donors (Lipinski definition) is 0. The molecule has 142 valence electrons. The fraction of sp³-hybridized carbons (Fsp3) is 0.227. The first kappa shape index (κ1) is 18.1. The van der Waals surface area contributed by atoms with Gasteiger partial charge in [0.05, 0.1) is 28.4 Å². The molecular formula is C22H22N4O2. The Morgan fingerprint density at radius 2 is 1.46 bits per heavy atom. The molecule has 0 saturated carbocycles. The molecule has 6 heteroatoms. The molecule has 0 unspecified atom stereocenters. The predicted molar refractivity (Wildman–Crippen MR) is 112 cm³/mol. The molecule has 0 amide bonds. The van der Waals surface area contributed by atoms with Crippen molar-refractivity contribution in [1.82, 2.24) is 19.0 Å². The van der Waals surface area contributed by atoms with E-state index in [1.807, 2.05) is 61.5 Å². The molecule has 4 rings (SSSR count). The fourth-order valence-electron chi connectivity index (χ4n) is 3.29. The molecule has 0 fully saturated rings. The molecule has 0 spiro atoms. The lowest BCUT2D eigenvalue weighted by Gasteiger charge is -2.12. The molecule has 0 saturated heterocycles. The second kappa shape index (κ2) is 7.40. The van der Waals surface area contributed by atoms with Crippen LogP contribution < -0.4 is 11.1 Å². The molecule has 0 aliphatic carbocycles. The van der Waals surface area contributed by atoms with Gasteiger partial charge in [0.2, 0.25) is 0 Å². The number of benzene rings is 1. The van der Waals surface area contributed by atoms with Gasteiger partial charge in [0.25, 0.3) is 11.1 Å². The zero-order valence-corrected chi connectivity index (χ0v) is 16.0. The molecule has 0 aliphatic rings. The monoisotopic (exact) mass is 374 g/mol. The number of nitrogens with zero attached hydrogens (tertiary/aromatic N) is 4. The minimum atomic E-state index is -0.140. The van der Waals surface area contributed by atoms with Crippen LogP contribution in [0.25, 0.3) is 21.8 Å². The van der Waals surface area contributed by atoms with Crippen molar-refractivity contribution >= 4 is 21.8 Å². The summed E-state index contributed by atoms with van der Waals surface area (Å²) in [6.45, 7) is 1.83. The Kier molecular flexibility index (Phi) is 4.79. The van der Waals surface area contributed by atoms with Gasteiger partial charge < -0.3 is 14.0 Å². The molecular weight excluding hydrogens is 352 g/mol. The van der Waals surface area contributed by atoms with E-state index in [2.05, 4.69) is 4.98 Å². The van der Waals surface area contributed by atoms with E-state index >= 15 is 0 Å². The topological polar surface area (TPSA) is 60.1 Å². The van der Waals surface area contributed by atoms with Gasteiger partial charge in [-0.1, -0.05) is 30.3 Å². The maximum absolute atomic E-state index is 13.0. The van der Waals surface area contributed by atoms with Gasteiger partial charge in [-0.05, 0) is 37.9 Å². The van der Waals surface area contributed by atoms with Crippen LogP contribution in [0.2, 0.25) is 0 Å². The van der Waals surface area contributed by atoms with Gasteiger partial charge in [0.1, 0.15) is 0 Å². The lowest BCUT2D eigenvalue weighted by molar-refractivity contribution is 0.381. The van der Waals surface area contributed by atoms with Gasteiger partial charge in [-0.2, -0.15) is 0 Å². The first-order chi connectivity index (χ1) is 13.5. The summed E-state index contributed by atoms with van der Waals surface area (Å²) in [7, 11) is 3.94. The second-order valence-corrected chi connectivity index (χ2v) is 7.21. The molecule has 6 nitrogen and oxygen atoms in total. The molecule has 28 heavy (non-hydrogen) atoms. The summed E-state index contributed by atoms with van der Waals surface area (Å²) < 4.78 is 3.32. The first-order valence-electron chi connectivity index (χ1n) is 9.25. The minimum Gasteiger partial charge on any atom is -0.314 e. The number of aromatic nitrogens is 3. The molecule has 4 aromatic rings. The Labute approximate surface area is 162 Å². The Hall–Kier alpha value is -3.25. The fourth-order valence-corrected chi connectivity index (χ4v) is 3.29. The van der Waals surface area contributed by atoms with E-state index < -0.39 is 0 Å². The molecule has 0 atom stereocenters. The van der Waals surface area contributed by atoms with E-state index in [9.17, 15) is 9.59 Å². The van der Waals surface area contributed by atoms with Crippen molar-refractivity contribution in [2.75, 3.05) is 20.6 Å². The van der Waals surface area contributed by atoms with Gasteiger partial charge in [0.15, 0.2) is 0 Å². The smallest absolute Gasteiger partial charge is 0.260 e. The normalized spacial score (nSPS) is 11.5. The van der Waals surface area contributed by atoms with Crippen LogP contribution in [-0.4, -0.2) is 39.7 Å². The van der Waals surface area contributed by atoms with Gasteiger partial charge in [0, 0.05) is 25.5 Å². The van der Waals surface area contributed by atoms with Crippen LogP contribution in [0.15, 0.2) is 70.5 Å². The van der Waals surface area contributed by atoms with Gasteiger partial charge in [-0.3, -0.25) is 9.59 Å². The van der Waals surface area contributed by atoms with E-state index in [4.69, 9.17) is 0 Å². The van der Waals surface area contributed by atoms with Crippen LogP contribution in [0.3, 0.4) is 0 Å². The third-order valence-corrected chi connectivity index (χ3v) is 4.87. The summed E-state index contributed by atoms with van der Waals surface area (Å²) in [4.78, 5) is 32.4. The summed E-state index contributed by atoms with van der Waals surface area (Å²) in [6.07, 6.45) is 3.53. The standard InChI is InChI=1S/C22H22N4O2/c1-24(2)12-13-25-10-8-19-17(21(25)27)14-18-20(23-19)9-11-26(22(18)28)15-16-6-4-3-5-7-16/h3-11,14H,12-13,15H2,1-2H3. The summed E-state index contributed by atoms with van der Waals surface area (Å²) in [5.41, 5.74) is 2.00. The molecule has 0 bridgehead atoms. The van der Waals surface area contributed by atoms with Crippen molar-refractivity contribution in [2.24, 2.45) is 0 Å². The van der Waals surface area contributed by atoms with E-state index in [0.717, 1.165) is 12.1 Å². The van der Waals surface area contributed by atoms with E-state index in [-0.39, 0.29) is 11.1 Å². The van der Waals surface area contributed by atoms with Gasteiger partial charge in [-0.15, -0.1) is 0 Å². The quantitative estimate of drug-likeness (QED) is 0.503. The Balaban J connectivity index is 1.82. The molecule has 0 aliphatic heterocycles. The lowest BCUT2D eigenvalue weighted by atomic mass is 10.1. The Bertz CT molecular complexity index is 1260. The third kappa shape index (κ3) is 3.46. The van der Waals surface area contributed by atoms with Crippen LogP contribution in [0, 0.1) is 0 Å². The largest absolute Gasteiger partial charge is 0.314 e. The van der Waals surface area contributed by atoms with Crippen molar-refractivity contribution < 1.29 is 0 Å². The number of hydrogen-bond acceptors (Lipinski definition) is 4. The number of pyridine rings is 3. The third-order valence-electron chi connectivity index (χ3n) is 4.87. The van der Waals surface area contributed by atoms with Crippen molar-refractivity contribution in [1.29, 1.82) is 0 Å². The van der Waals surface area contributed by atoms with Crippen molar-refractivity contribution in [2.45, 2.75) is 13.1 Å². The van der Waals surface area contributed by atoms with Crippen LogP contribution in [0.5, 0.6) is 0 Å². The summed E-state index contributed by atoms with van der Waals surface area (Å²) in [5.74, 6) is 0. The summed E-state index contributed by atoms with van der Waals surface area (Å²) in [5, 5.41) is 0.941. The first-order valence-corrected chi connectivity index (χ1v) is 9.25. The Morgan fingerprint density at radius 1 is 0.857 bits per heavy atom. The van der Waals surface area contributed by atoms with E-state index in [0.29, 0.717) is 34.9 Å². The number of rotatable bonds is 5. The van der Waals surface area contributed by atoms with Crippen molar-refractivity contribution in [3.63, 3.8) is 0 Å². The van der Waals surface area contributed by atoms with E-state index in [1.54, 1.807) is 27.6 Å². The highest BCUT2D eigenvalue weighted by Gasteiger charge is 2.10. The molecule has 0 radical (unpaired) electrons. The average molecular weight is 374 g/mol. The van der Waals surface area contributed by atoms with Crippen LogP contribution in [0.1, 0.15) is 5.56 Å². The number of likely N-dealkylation sites (N-methyl/N-ethyl adjacent to an activating group) is 1. The minimum absolute atomic E-state index is 0.119. The highest BCUT2D eigenvalue weighted by atomic mass is 16.1. The summed E-state index contributed by atoms with van der Waals surface area (Å²) >= 11 is 0. The Morgan fingerprint density at radius 3 is 2.11 bits per heavy atom. The second-order valence-electron chi connectivity index (χ2n) is 7.21. The molecule has 1 aromatic carbocycles. The van der Waals surface area contributed by atoms with Gasteiger partial charge in [-0.25, -0.2) is 4.98 Å². The zero-order valence-electron chi connectivity index (χ0n) is 16.0. The van der Waals surface area contributed by atoms with Crippen molar-refractivity contribution in [3.8, 4) is 0 Å². The van der Waals surface area contributed by atoms with Crippen LogP contribution >= 0.6 is 0 Å². The molecule has 3 heterocycles. The van der Waals surface area contributed by atoms with Crippen LogP contribution in [0.4, 0.5) is 0 Å². The maximum atomic E-state index is 13.0. The zero-order chi connectivity index (χ0) is 19.7. The SMILES string of the molecule is CN(C)CCn1ccc2nc3ccn(Cc4ccccc4)c(=O)c3cc2c1=O. The van der Waals surface area contributed by atoms with Crippen molar-refractivity contribution in [3.05, 3.63) is 87.2 Å². The molecule has 3 aromatic heterocycles. The maximum Gasteiger partial charge on any atom is 0.260 e. The number of fused-ring (bicyclic) bond motifs is 2. The predicted octanol–water partition coefficient (Wildman–Crippen LogP) is 2.32. The summed E-state index contributed by atoms with van der Waals surface area (Å²) in [6, 6.07) is 15.2. The van der Waals surface area contributed by atoms with Gasteiger partial charge >= 0.3 is 0 Å². The van der Waals surface area contributed by atoms with Crippen LogP contribution in [-0.2, 0) is 13.1 Å². The highest BCUT2D eigenvalue weighted by Crippen LogP contribution is 2.14. The highest BCUT2D eigenvalue weighted by molar-refractivity contribution is 5.91. The van der Waals surface area contributed by atoms with E-state index in [1.165, 1.54) is 0 Å². The average Bonchev–Trinajstić information content (AvgIpc) is 2.69.